The van der Waals surface area contributed by atoms with Crippen molar-refractivity contribution in [2.75, 3.05) is 24.5 Å². The molecule has 1 spiro atoms. The fourth-order valence-electron chi connectivity index (χ4n) is 6.59. The van der Waals surface area contributed by atoms with Crippen molar-refractivity contribution in [2.24, 2.45) is 5.73 Å². The smallest absolute Gasteiger partial charge is 0.261 e. The van der Waals surface area contributed by atoms with Gasteiger partial charge in [0.1, 0.15) is 12.1 Å². The first-order chi connectivity index (χ1) is 19.8. The number of rotatable bonds is 8. The molecular formula is C31H38ClN5O4. The third-order valence-corrected chi connectivity index (χ3v) is 8.97. The highest BCUT2D eigenvalue weighted by Crippen LogP contribution is 2.42. The van der Waals surface area contributed by atoms with E-state index in [0.29, 0.717) is 49.5 Å². The quantitative estimate of drug-likeness (QED) is 0.498. The van der Waals surface area contributed by atoms with Gasteiger partial charge in [-0.15, -0.1) is 0 Å². The van der Waals surface area contributed by atoms with Crippen molar-refractivity contribution in [3.05, 3.63) is 65.2 Å². The molecule has 4 amide bonds. The van der Waals surface area contributed by atoms with E-state index in [4.69, 9.17) is 17.3 Å². The zero-order valence-electron chi connectivity index (χ0n) is 23.3. The lowest BCUT2D eigenvalue weighted by atomic mass is 9.85. The van der Waals surface area contributed by atoms with Crippen molar-refractivity contribution in [2.45, 2.75) is 75.5 Å². The van der Waals surface area contributed by atoms with Crippen LogP contribution in [0.5, 0.6) is 0 Å². The van der Waals surface area contributed by atoms with E-state index in [2.05, 4.69) is 5.32 Å². The van der Waals surface area contributed by atoms with E-state index in [9.17, 15) is 19.2 Å². The SMILES string of the molecule is NC(=O)[C@H]1N(CC(=O)NC2CCCCC2)C(=O)C2(CCN(C(=O)CCc3ccc(Cl)cc3)CC2)N1c1ccccc1. The number of nitrogens with one attached hydrogen (secondary N) is 1. The van der Waals surface area contributed by atoms with Crippen LogP contribution in [0, 0.1) is 0 Å². The molecule has 3 N–H and O–H groups in total. The van der Waals surface area contributed by atoms with Gasteiger partial charge in [-0.2, -0.15) is 0 Å². The van der Waals surface area contributed by atoms with Crippen LogP contribution in [0.1, 0.15) is 56.9 Å². The van der Waals surface area contributed by atoms with E-state index in [-0.39, 0.29) is 30.3 Å². The summed E-state index contributed by atoms with van der Waals surface area (Å²) < 4.78 is 0. The molecule has 2 saturated heterocycles. The third-order valence-electron chi connectivity index (χ3n) is 8.72. The zero-order valence-corrected chi connectivity index (χ0v) is 24.0. The monoisotopic (exact) mass is 579 g/mol. The summed E-state index contributed by atoms with van der Waals surface area (Å²) in [6, 6.07) is 16.8. The Morgan fingerprint density at radius 2 is 1.61 bits per heavy atom. The summed E-state index contributed by atoms with van der Waals surface area (Å²) in [6.45, 7) is 0.488. The van der Waals surface area contributed by atoms with Gasteiger partial charge in [-0.25, -0.2) is 0 Å². The molecular weight excluding hydrogens is 542 g/mol. The van der Waals surface area contributed by atoms with E-state index in [0.717, 1.165) is 37.7 Å². The molecule has 3 fully saturated rings. The number of nitrogens with zero attached hydrogens (tertiary/aromatic N) is 3. The average Bonchev–Trinajstić information content (AvgIpc) is 3.21. The van der Waals surface area contributed by atoms with E-state index in [1.807, 2.05) is 54.6 Å². The van der Waals surface area contributed by atoms with Gasteiger partial charge in [-0.1, -0.05) is 61.2 Å². The Bertz CT molecular complexity index is 1260. The minimum atomic E-state index is -1.10. The number of carbonyl (C=O) groups excluding carboxylic acids is 4. The van der Waals surface area contributed by atoms with Gasteiger partial charge in [0, 0.05) is 36.3 Å². The molecule has 5 rings (SSSR count). The van der Waals surface area contributed by atoms with Gasteiger partial charge in [0.2, 0.25) is 11.8 Å². The molecule has 0 radical (unpaired) electrons. The number of primary amides is 1. The Kier molecular flexibility index (Phi) is 8.82. The van der Waals surface area contributed by atoms with Crippen molar-refractivity contribution in [3.63, 3.8) is 0 Å². The maximum absolute atomic E-state index is 14.2. The summed E-state index contributed by atoms with van der Waals surface area (Å²) in [7, 11) is 0. The summed E-state index contributed by atoms with van der Waals surface area (Å²) in [5.74, 6) is -1.25. The van der Waals surface area contributed by atoms with Crippen LogP contribution < -0.4 is 16.0 Å². The van der Waals surface area contributed by atoms with E-state index in [1.54, 1.807) is 9.80 Å². The third kappa shape index (κ3) is 6.20. The maximum atomic E-state index is 14.2. The second kappa shape index (κ2) is 12.5. The highest BCUT2D eigenvalue weighted by Gasteiger charge is 2.60. The summed E-state index contributed by atoms with van der Waals surface area (Å²) in [5, 5.41) is 3.71. The number of amides is 4. The van der Waals surface area contributed by atoms with Crippen molar-refractivity contribution in [3.8, 4) is 0 Å². The second-order valence-corrected chi connectivity index (χ2v) is 11.8. The Balaban J connectivity index is 1.33. The lowest BCUT2D eigenvalue weighted by molar-refractivity contribution is -0.142. The summed E-state index contributed by atoms with van der Waals surface area (Å²) in [4.78, 5) is 58.3. The van der Waals surface area contributed by atoms with Crippen molar-refractivity contribution in [1.82, 2.24) is 15.1 Å². The number of nitrogens with two attached hydrogens (primary N) is 1. The van der Waals surface area contributed by atoms with E-state index >= 15 is 0 Å². The van der Waals surface area contributed by atoms with Crippen LogP contribution in [0.3, 0.4) is 0 Å². The molecule has 1 saturated carbocycles. The van der Waals surface area contributed by atoms with Gasteiger partial charge in [0.05, 0.1) is 0 Å². The van der Waals surface area contributed by atoms with Crippen molar-refractivity contribution >= 4 is 40.9 Å². The zero-order chi connectivity index (χ0) is 29.0. The Morgan fingerprint density at radius 3 is 2.24 bits per heavy atom. The van der Waals surface area contributed by atoms with Crippen molar-refractivity contribution < 1.29 is 19.2 Å². The van der Waals surface area contributed by atoms with Crippen LogP contribution in [0.4, 0.5) is 5.69 Å². The minimum Gasteiger partial charge on any atom is -0.366 e. The van der Waals surface area contributed by atoms with Gasteiger partial charge in [0.25, 0.3) is 11.8 Å². The topological polar surface area (TPSA) is 116 Å². The number of piperidine rings is 1. The van der Waals surface area contributed by atoms with E-state index < -0.39 is 17.6 Å². The lowest BCUT2D eigenvalue weighted by Gasteiger charge is -2.44. The molecule has 0 unspecified atom stereocenters. The standard InChI is InChI=1S/C31H38ClN5O4/c32-23-14-11-22(12-15-23)13-16-27(39)35-19-17-31(18-20-35)30(41)36(21-26(38)34-24-7-3-1-4-8-24)29(28(33)40)37(31)25-9-5-2-6-10-25/h2,5-6,9-12,14-15,24,29H,1,3-4,7-8,13,16-21H2,(H2,33,40)(H,34,38)/t29-/m0/s1. The van der Waals surface area contributed by atoms with Gasteiger partial charge in [-0.3, -0.25) is 19.2 Å². The number of anilines is 1. The van der Waals surface area contributed by atoms with Crippen LogP contribution in [0.15, 0.2) is 54.6 Å². The first-order valence-corrected chi connectivity index (χ1v) is 14.9. The summed E-state index contributed by atoms with van der Waals surface area (Å²) in [6.07, 6.45) is 5.64. The largest absolute Gasteiger partial charge is 0.366 e. The molecule has 2 aromatic carbocycles. The minimum absolute atomic E-state index is 0.0154. The van der Waals surface area contributed by atoms with Gasteiger partial charge in [0.15, 0.2) is 6.17 Å². The molecule has 9 nitrogen and oxygen atoms in total. The predicted octanol–water partition coefficient (Wildman–Crippen LogP) is 3.24. The summed E-state index contributed by atoms with van der Waals surface area (Å²) >= 11 is 5.97. The molecule has 0 aromatic heterocycles. The van der Waals surface area contributed by atoms with E-state index in [1.165, 1.54) is 4.90 Å². The molecule has 10 heteroatoms. The van der Waals surface area contributed by atoms with Crippen molar-refractivity contribution in [1.29, 1.82) is 0 Å². The number of benzene rings is 2. The normalized spacial score (nSPS) is 20.9. The van der Waals surface area contributed by atoms with Gasteiger partial charge >= 0.3 is 0 Å². The molecule has 2 aromatic rings. The van der Waals surface area contributed by atoms with Crippen LogP contribution >= 0.6 is 11.6 Å². The maximum Gasteiger partial charge on any atom is 0.261 e. The Labute approximate surface area is 246 Å². The fourth-order valence-corrected chi connectivity index (χ4v) is 6.71. The molecule has 41 heavy (non-hydrogen) atoms. The first kappa shape index (κ1) is 28.9. The lowest BCUT2D eigenvalue weighted by Crippen LogP contribution is -2.59. The van der Waals surface area contributed by atoms with Gasteiger partial charge < -0.3 is 25.8 Å². The number of hydrogen-bond acceptors (Lipinski definition) is 5. The van der Waals surface area contributed by atoms with Crippen LogP contribution in [-0.4, -0.2) is 70.8 Å². The molecule has 3 aliphatic rings. The summed E-state index contributed by atoms with van der Waals surface area (Å²) in [5.41, 5.74) is 6.56. The second-order valence-electron chi connectivity index (χ2n) is 11.4. The number of carbonyl (C=O) groups is 4. The molecule has 0 bridgehead atoms. The Hall–Kier alpha value is -3.59. The highest BCUT2D eigenvalue weighted by molar-refractivity contribution is 6.30. The van der Waals surface area contributed by atoms with Crippen LogP contribution in [0.2, 0.25) is 5.02 Å². The predicted molar refractivity (Wildman–Crippen MR) is 157 cm³/mol. The fraction of sp³-hybridized carbons (Fsp3) is 0.484. The number of halogens is 1. The molecule has 218 valence electrons. The number of para-hydroxylation sites is 1. The molecule has 2 aliphatic heterocycles. The number of hydrogen-bond donors (Lipinski definition) is 2. The van der Waals surface area contributed by atoms with Gasteiger partial charge in [-0.05, 0) is 61.9 Å². The number of aryl methyl sites for hydroxylation is 1. The highest BCUT2D eigenvalue weighted by atomic mass is 35.5. The first-order valence-electron chi connectivity index (χ1n) is 14.5. The number of likely N-dealkylation sites (tertiary alicyclic amines) is 1. The molecule has 2 heterocycles. The Morgan fingerprint density at radius 1 is 0.951 bits per heavy atom. The molecule has 1 aliphatic carbocycles. The van der Waals surface area contributed by atoms with Crippen LogP contribution in [-0.2, 0) is 25.6 Å². The average molecular weight is 580 g/mol. The molecule has 1 atom stereocenters. The van der Waals surface area contributed by atoms with Crippen LogP contribution in [0.25, 0.3) is 0 Å².